The number of amides is 1. The third-order valence-electron chi connectivity index (χ3n) is 4.18. The highest BCUT2D eigenvalue weighted by atomic mass is 16.5. The van der Waals surface area contributed by atoms with Gasteiger partial charge in [-0.3, -0.25) is 9.48 Å². The number of carbonyl (C=O) groups is 1. The lowest BCUT2D eigenvalue weighted by molar-refractivity contribution is 0.0742. The van der Waals surface area contributed by atoms with Crippen molar-refractivity contribution in [1.82, 2.24) is 14.7 Å². The van der Waals surface area contributed by atoms with E-state index >= 15 is 0 Å². The van der Waals surface area contributed by atoms with Crippen molar-refractivity contribution in [3.8, 4) is 5.88 Å². The van der Waals surface area contributed by atoms with Crippen molar-refractivity contribution in [3.63, 3.8) is 0 Å². The van der Waals surface area contributed by atoms with E-state index in [1.165, 1.54) is 0 Å². The maximum absolute atomic E-state index is 12.8. The van der Waals surface area contributed by atoms with Gasteiger partial charge in [0.05, 0.1) is 19.3 Å². The second-order valence-corrected chi connectivity index (χ2v) is 5.76. The van der Waals surface area contributed by atoms with Crippen LogP contribution in [0.5, 0.6) is 5.88 Å². The van der Waals surface area contributed by atoms with Crippen LogP contribution in [0.25, 0.3) is 0 Å². The number of carbonyl (C=O) groups excluding carboxylic acids is 1. The topological polar surface area (TPSA) is 47.4 Å². The summed E-state index contributed by atoms with van der Waals surface area (Å²) in [7, 11) is 3.55. The lowest BCUT2D eigenvalue weighted by Crippen LogP contribution is -2.31. The zero-order chi connectivity index (χ0) is 15.7. The number of hydrogen-bond donors (Lipinski definition) is 0. The molecule has 1 amide bonds. The van der Waals surface area contributed by atoms with Gasteiger partial charge in [0.2, 0.25) is 5.88 Å². The molecular weight excluding hydrogens is 278 g/mol. The van der Waals surface area contributed by atoms with E-state index in [1.807, 2.05) is 47.8 Å². The van der Waals surface area contributed by atoms with E-state index in [-0.39, 0.29) is 5.91 Å². The van der Waals surface area contributed by atoms with Gasteiger partial charge in [0.1, 0.15) is 0 Å². The number of rotatable bonds is 2. The van der Waals surface area contributed by atoms with Gasteiger partial charge in [0.15, 0.2) is 0 Å². The van der Waals surface area contributed by atoms with Gasteiger partial charge < -0.3 is 9.64 Å². The number of aromatic nitrogens is 2. The van der Waals surface area contributed by atoms with Gasteiger partial charge in [0.25, 0.3) is 5.91 Å². The maximum atomic E-state index is 12.8. The molecule has 1 aliphatic heterocycles. The molecule has 0 unspecified atom stereocenters. The molecule has 2 aromatic rings. The summed E-state index contributed by atoms with van der Waals surface area (Å²) in [5.41, 5.74) is 4.04. The first-order valence-corrected chi connectivity index (χ1v) is 7.55. The van der Waals surface area contributed by atoms with Crippen LogP contribution in [0.4, 0.5) is 0 Å². The number of nitrogens with zero attached hydrogens (tertiary/aromatic N) is 3. The van der Waals surface area contributed by atoms with Crippen LogP contribution in [0.15, 0.2) is 24.3 Å². The van der Waals surface area contributed by atoms with Crippen molar-refractivity contribution in [2.24, 2.45) is 7.05 Å². The van der Waals surface area contributed by atoms with Gasteiger partial charge in [-0.1, -0.05) is 17.7 Å². The number of methoxy groups -OCH3 is 1. The molecule has 0 atom stereocenters. The van der Waals surface area contributed by atoms with Crippen LogP contribution >= 0.6 is 0 Å². The molecule has 1 aliphatic rings. The number of ether oxygens (including phenoxy) is 1. The zero-order valence-corrected chi connectivity index (χ0v) is 13.3. The minimum absolute atomic E-state index is 0.0803. The molecular formula is C17H21N3O2. The minimum atomic E-state index is 0.0803. The van der Waals surface area contributed by atoms with Gasteiger partial charge >= 0.3 is 0 Å². The molecule has 1 aromatic carbocycles. The molecule has 0 radical (unpaired) electrons. The average Bonchev–Trinajstić information content (AvgIpc) is 2.70. The standard InChI is InChI=1S/C17H21N3O2/c1-12-6-4-7-13(10-12)17(21)20-9-5-8-14-15(11-20)19(2)18-16(14)22-3/h4,6-7,10H,5,8-9,11H2,1-3H3. The highest BCUT2D eigenvalue weighted by molar-refractivity contribution is 5.94. The van der Waals surface area contributed by atoms with Crippen molar-refractivity contribution in [2.45, 2.75) is 26.3 Å². The fraction of sp³-hybridized carbons (Fsp3) is 0.412. The van der Waals surface area contributed by atoms with E-state index in [2.05, 4.69) is 5.10 Å². The summed E-state index contributed by atoms with van der Waals surface area (Å²) < 4.78 is 7.18. The predicted molar refractivity (Wildman–Crippen MR) is 84.0 cm³/mol. The number of aryl methyl sites for hydroxylation is 2. The quantitative estimate of drug-likeness (QED) is 0.855. The zero-order valence-electron chi connectivity index (χ0n) is 13.3. The molecule has 1 aromatic heterocycles. The van der Waals surface area contributed by atoms with E-state index in [9.17, 15) is 4.79 Å². The van der Waals surface area contributed by atoms with Crippen LogP contribution < -0.4 is 4.74 Å². The molecule has 3 rings (SSSR count). The first-order chi connectivity index (χ1) is 10.6. The normalized spacial score (nSPS) is 14.4. The molecule has 5 heteroatoms. The lowest BCUT2D eigenvalue weighted by Gasteiger charge is -2.21. The molecule has 116 valence electrons. The summed E-state index contributed by atoms with van der Waals surface area (Å²) in [6.07, 6.45) is 1.82. The Morgan fingerprint density at radius 3 is 2.91 bits per heavy atom. The SMILES string of the molecule is COc1nn(C)c2c1CCCN(C(=O)c1cccc(C)c1)C2. The van der Waals surface area contributed by atoms with Crippen LogP contribution in [0.3, 0.4) is 0 Å². The van der Waals surface area contributed by atoms with Gasteiger partial charge in [-0.25, -0.2) is 0 Å². The molecule has 0 spiro atoms. The molecule has 22 heavy (non-hydrogen) atoms. The Morgan fingerprint density at radius 2 is 2.18 bits per heavy atom. The Balaban J connectivity index is 1.90. The Bertz CT molecular complexity index is 706. The summed E-state index contributed by atoms with van der Waals surface area (Å²) >= 11 is 0. The Morgan fingerprint density at radius 1 is 1.36 bits per heavy atom. The van der Waals surface area contributed by atoms with Crippen molar-refractivity contribution < 1.29 is 9.53 Å². The summed E-state index contributed by atoms with van der Waals surface area (Å²) in [6, 6.07) is 7.76. The Hall–Kier alpha value is -2.30. The third kappa shape index (κ3) is 2.58. The van der Waals surface area contributed by atoms with Gasteiger partial charge in [-0.15, -0.1) is 5.10 Å². The fourth-order valence-electron chi connectivity index (χ4n) is 3.03. The van der Waals surface area contributed by atoms with Crippen molar-refractivity contribution in [2.75, 3.05) is 13.7 Å². The lowest BCUT2D eigenvalue weighted by atomic mass is 10.1. The number of fused-ring (bicyclic) bond motifs is 1. The van der Waals surface area contributed by atoms with E-state index in [0.717, 1.165) is 41.8 Å². The maximum Gasteiger partial charge on any atom is 0.254 e. The molecule has 0 saturated carbocycles. The fourth-order valence-corrected chi connectivity index (χ4v) is 3.03. The molecule has 2 heterocycles. The van der Waals surface area contributed by atoms with Crippen LogP contribution in [0, 0.1) is 6.92 Å². The Kier molecular flexibility index (Phi) is 3.88. The molecule has 0 N–H and O–H groups in total. The van der Waals surface area contributed by atoms with E-state index in [4.69, 9.17) is 4.74 Å². The second-order valence-electron chi connectivity index (χ2n) is 5.76. The van der Waals surface area contributed by atoms with Crippen LogP contribution in [0.2, 0.25) is 0 Å². The van der Waals surface area contributed by atoms with Crippen molar-refractivity contribution >= 4 is 5.91 Å². The van der Waals surface area contributed by atoms with Crippen LogP contribution in [0.1, 0.15) is 33.6 Å². The Labute approximate surface area is 130 Å². The van der Waals surface area contributed by atoms with Crippen molar-refractivity contribution in [1.29, 1.82) is 0 Å². The first kappa shape index (κ1) is 14.6. The highest BCUT2D eigenvalue weighted by Crippen LogP contribution is 2.27. The first-order valence-electron chi connectivity index (χ1n) is 7.55. The predicted octanol–water partition coefficient (Wildman–Crippen LogP) is 2.33. The van der Waals surface area contributed by atoms with Gasteiger partial charge in [-0.2, -0.15) is 0 Å². The summed E-state index contributed by atoms with van der Waals surface area (Å²) in [5.74, 6) is 0.763. The molecule has 0 aliphatic carbocycles. The monoisotopic (exact) mass is 299 g/mol. The van der Waals surface area contributed by atoms with Gasteiger partial charge in [-0.05, 0) is 31.9 Å². The van der Waals surface area contributed by atoms with E-state index in [1.54, 1.807) is 7.11 Å². The highest BCUT2D eigenvalue weighted by Gasteiger charge is 2.25. The molecule has 0 fully saturated rings. The average molecular weight is 299 g/mol. The second kappa shape index (κ2) is 5.83. The number of benzene rings is 1. The summed E-state index contributed by atoms with van der Waals surface area (Å²) in [6.45, 7) is 3.34. The largest absolute Gasteiger partial charge is 0.480 e. The van der Waals surface area contributed by atoms with Crippen LogP contribution in [-0.2, 0) is 20.0 Å². The molecule has 5 nitrogen and oxygen atoms in total. The smallest absolute Gasteiger partial charge is 0.254 e. The van der Waals surface area contributed by atoms with Crippen molar-refractivity contribution in [3.05, 3.63) is 46.6 Å². The third-order valence-corrected chi connectivity index (χ3v) is 4.18. The number of hydrogen-bond acceptors (Lipinski definition) is 3. The molecule has 0 saturated heterocycles. The van der Waals surface area contributed by atoms with Crippen LogP contribution in [-0.4, -0.2) is 34.2 Å². The summed E-state index contributed by atoms with van der Waals surface area (Å²) in [4.78, 5) is 14.7. The minimum Gasteiger partial charge on any atom is -0.480 e. The van der Waals surface area contributed by atoms with Gasteiger partial charge in [0, 0.05) is 24.7 Å². The van der Waals surface area contributed by atoms with E-state index in [0.29, 0.717) is 12.4 Å². The summed E-state index contributed by atoms with van der Waals surface area (Å²) in [5, 5.41) is 4.39. The molecule has 0 bridgehead atoms. The van der Waals surface area contributed by atoms with E-state index < -0.39 is 0 Å².